The summed E-state index contributed by atoms with van der Waals surface area (Å²) in [7, 11) is 0. The van der Waals surface area contributed by atoms with Gasteiger partial charge >= 0.3 is 0 Å². The van der Waals surface area contributed by atoms with Gasteiger partial charge in [-0.25, -0.2) is 0 Å². The van der Waals surface area contributed by atoms with E-state index < -0.39 is 0 Å². The molecule has 21 heavy (non-hydrogen) atoms. The Morgan fingerprint density at radius 2 is 2.00 bits per heavy atom. The molecule has 1 aliphatic heterocycles. The van der Waals surface area contributed by atoms with Gasteiger partial charge in [0, 0.05) is 16.0 Å². The van der Waals surface area contributed by atoms with Crippen LogP contribution in [0.25, 0.3) is 0 Å². The molecular weight excluding hydrogens is 352 g/mol. The first-order valence-corrected chi connectivity index (χ1v) is 7.86. The molecule has 1 aliphatic rings. The topological polar surface area (TPSA) is 41.1 Å². The number of amides is 1. The maximum Gasteiger partial charge on any atom is 0.241 e. The molecule has 0 fully saturated rings. The average Bonchev–Trinajstić information content (AvgIpc) is 2.50. The summed E-state index contributed by atoms with van der Waals surface area (Å²) in [6.45, 7) is 0.713. The molecule has 1 heterocycles. The van der Waals surface area contributed by atoms with Crippen LogP contribution in [0.2, 0.25) is 5.02 Å². The van der Waals surface area contributed by atoms with E-state index in [0.29, 0.717) is 23.7 Å². The number of halogens is 2. The molecule has 2 aromatic carbocycles. The van der Waals surface area contributed by atoms with Gasteiger partial charge < -0.3 is 10.6 Å². The van der Waals surface area contributed by atoms with Gasteiger partial charge in [0.15, 0.2) is 0 Å². The minimum atomic E-state index is -0.231. The van der Waals surface area contributed by atoms with Gasteiger partial charge in [-0.1, -0.05) is 35.9 Å². The standard InChI is InChI=1S/C16H14BrClN2O/c17-13-6-5-12(18)8-14(13)20-16(21)15-7-10-3-1-2-4-11(10)9-19-15/h1-6,8,15,19H,7,9H2,(H,20,21)/t15-/m1/s1. The Hall–Kier alpha value is -1.36. The molecule has 0 saturated carbocycles. The Balaban J connectivity index is 1.74. The summed E-state index contributed by atoms with van der Waals surface area (Å²) in [4.78, 5) is 12.4. The predicted octanol–water partition coefficient (Wildman–Crippen LogP) is 3.76. The number of anilines is 1. The highest BCUT2D eigenvalue weighted by Gasteiger charge is 2.24. The highest BCUT2D eigenvalue weighted by Crippen LogP contribution is 2.26. The zero-order chi connectivity index (χ0) is 14.8. The van der Waals surface area contributed by atoms with Crippen molar-refractivity contribution in [2.45, 2.75) is 19.0 Å². The summed E-state index contributed by atoms with van der Waals surface area (Å²) in [6.07, 6.45) is 0.695. The largest absolute Gasteiger partial charge is 0.324 e. The molecule has 5 heteroatoms. The summed E-state index contributed by atoms with van der Waals surface area (Å²) in [6, 6.07) is 13.3. The van der Waals surface area contributed by atoms with Crippen molar-refractivity contribution in [2.24, 2.45) is 0 Å². The molecule has 0 aliphatic carbocycles. The lowest BCUT2D eigenvalue weighted by Crippen LogP contribution is -2.44. The molecule has 1 amide bonds. The molecule has 2 aromatic rings. The fraction of sp³-hybridized carbons (Fsp3) is 0.188. The predicted molar refractivity (Wildman–Crippen MR) is 88.6 cm³/mol. The number of nitrogens with one attached hydrogen (secondary N) is 2. The molecule has 0 bridgehead atoms. The Bertz CT molecular complexity index is 690. The van der Waals surface area contributed by atoms with Crippen LogP contribution in [0, 0.1) is 0 Å². The number of benzene rings is 2. The van der Waals surface area contributed by atoms with Crippen molar-refractivity contribution in [2.75, 3.05) is 5.32 Å². The number of rotatable bonds is 2. The minimum absolute atomic E-state index is 0.0486. The molecular formula is C16H14BrClN2O. The quantitative estimate of drug-likeness (QED) is 0.851. The molecule has 0 unspecified atom stereocenters. The van der Waals surface area contributed by atoms with Gasteiger partial charge in [-0.15, -0.1) is 0 Å². The van der Waals surface area contributed by atoms with Crippen LogP contribution in [-0.2, 0) is 17.8 Å². The van der Waals surface area contributed by atoms with Gasteiger partial charge in [-0.05, 0) is 51.7 Å². The highest BCUT2D eigenvalue weighted by atomic mass is 79.9. The Morgan fingerprint density at radius 3 is 2.81 bits per heavy atom. The number of carbonyl (C=O) groups excluding carboxylic acids is 1. The van der Waals surface area contributed by atoms with Crippen LogP contribution in [0.3, 0.4) is 0 Å². The van der Waals surface area contributed by atoms with Gasteiger partial charge in [0.2, 0.25) is 5.91 Å². The van der Waals surface area contributed by atoms with Gasteiger partial charge in [0.25, 0.3) is 0 Å². The average molecular weight is 366 g/mol. The van der Waals surface area contributed by atoms with Crippen LogP contribution in [0.1, 0.15) is 11.1 Å². The summed E-state index contributed by atoms with van der Waals surface area (Å²) in [5, 5.41) is 6.78. The molecule has 0 saturated heterocycles. The summed E-state index contributed by atoms with van der Waals surface area (Å²) in [5.41, 5.74) is 3.17. The van der Waals surface area contributed by atoms with Gasteiger partial charge in [0.1, 0.15) is 0 Å². The Labute approximate surface area is 136 Å². The number of hydrogen-bond donors (Lipinski definition) is 2. The fourth-order valence-electron chi connectivity index (χ4n) is 2.45. The van der Waals surface area contributed by atoms with E-state index in [1.54, 1.807) is 12.1 Å². The number of carbonyl (C=O) groups is 1. The van der Waals surface area contributed by atoms with Crippen molar-refractivity contribution in [1.29, 1.82) is 0 Å². The molecule has 1 atom stereocenters. The van der Waals surface area contributed by atoms with E-state index in [0.717, 1.165) is 4.47 Å². The van der Waals surface area contributed by atoms with E-state index in [4.69, 9.17) is 11.6 Å². The summed E-state index contributed by atoms with van der Waals surface area (Å²) in [5.74, 6) is -0.0486. The number of hydrogen-bond acceptors (Lipinski definition) is 2. The third kappa shape index (κ3) is 3.28. The molecule has 2 N–H and O–H groups in total. The zero-order valence-corrected chi connectivity index (χ0v) is 13.5. The lowest BCUT2D eigenvalue weighted by Gasteiger charge is -2.25. The molecule has 0 spiro atoms. The molecule has 3 rings (SSSR count). The van der Waals surface area contributed by atoms with E-state index in [9.17, 15) is 4.79 Å². The second-order valence-electron chi connectivity index (χ2n) is 5.02. The van der Waals surface area contributed by atoms with Crippen LogP contribution in [0.4, 0.5) is 5.69 Å². The molecule has 3 nitrogen and oxygen atoms in total. The van der Waals surface area contributed by atoms with Crippen LogP contribution in [0.5, 0.6) is 0 Å². The van der Waals surface area contributed by atoms with Crippen LogP contribution in [0.15, 0.2) is 46.9 Å². The van der Waals surface area contributed by atoms with Crippen LogP contribution >= 0.6 is 27.5 Å². The van der Waals surface area contributed by atoms with Crippen molar-refractivity contribution in [1.82, 2.24) is 5.32 Å². The highest BCUT2D eigenvalue weighted by molar-refractivity contribution is 9.10. The normalized spacial score (nSPS) is 17.1. The maximum absolute atomic E-state index is 12.4. The third-order valence-corrected chi connectivity index (χ3v) is 4.51. The van der Waals surface area contributed by atoms with Crippen LogP contribution in [-0.4, -0.2) is 11.9 Å². The SMILES string of the molecule is O=C(Nc1cc(Cl)ccc1Br)[C@H]1Cc2ccccc2CN1. The first kappa shape index (κ1) is 14.6. The van der Waals surface area contributed by atoms with E-state index >= 15 is 0 Å². The van der Waals surface area contributed by atoms with E-state index in [1.807, 2.05) is 18.2 Å². The third-order valence-electron chi connectivity index (χ3n) is 3.58. The van der Waals surface area contributed by atoms with Crippen molar-refractivity contribution < 1.29 is 4.79 Å². The zero-order valence-electron chi connectivity index (χ0n) is 11.2. The maximum atomic E-state index is 12.4. The van der Waals surface area contributed by atoms with Crippen molar-refractivity contribution in [3.8, 4) is 0 Å². The second kappa shape index (κ2) is 6.18. The van der Waals surface area contributed by atoms with Gasteiger partial charge in [-0.3, -0.25) is 4.79 Å². The summed E-state index contributed by atoms with van der Waals surface area (Å²) >= 11 is 9.38. The lowest BCUT2D eigenvalue weighted by molar-refractivity contribution is -0.118. The monoisotopic (exact) mass is 364 g/mol. The van der Waals surface area contributed by atoms with Gasteiger partial charge in [-0.2, -0.15) is 0 Å². The Kier molecular flexibility index (Phi) is 4.29. The first-order valence-electron chi connectivity index (χ1n) is 6.69. The van der Waals surface area contributed by atoms with Crippen molar-refractivity contribution in [3.63, 3.8) is 0 Å². The molecule has 0 aromatic heterocycles. The smallest absolute Gasteiger partial charge is 0.241 e. The van der Waals surface area contributed by atoms with Crippen LogP contribution < -0.4 is 10.6 Å². The number of fused-ring (bicyclic) bond motifs is 1. The second-order valence-corrected chi connectivity index (χ2v) is 6.31. The lowest BCUT2D eigenvalue weighted by atomic mass is 9.95. The molecule has 108 valence electrons. The fourth-order valence-corrected chi connectivity index (χ4v) is 2.97. The minimum Gasteiger partial charge on any atom is -0.324 e. The van der Waals surface area contributed by atoms with Crippen molar-refractivity contribution in [3.05, 3.63) is 63.1 Å². The van der Waals surface area contributed by atoms with Crippen molar-refractivity contribution >= 4 is 39.1 Å². The van der Waals surface area contributed by atoms with E-state index in [-0.39, 0.29) is 11.9 Å². The van der Waals surface area contributed by atoms with E-state index in [1.165, 1.54) is 11.1 Å². The molecule has 0 radical (unpaired) electrons. The van der Waals surface area contributed by atoms with E-state index in [2.05, 4.69) is 38.7 Å². The Morgan fingerprint density at radius 1 is 1.24 bits per heavy atom. The van der Waals surface area contributed by atoms with Gasteiger partial charge in [0.05, 0.1) is 11.7 Å². The first-order chi connectivity index (χ1) is 10.1. The summed E-state index contributed by atoms with van der Waals surface area (Å²) < 4.78 is 0.816.